The van der Waals surface area contributed by atoms with Crippen LogP contribution in [0.2, 0.25) is 0 Å². The molecule has 1 fully saturated rings. The first kappa shape index (κ1) is 35.9. The van der Waals surface area contributed by atoms with Crippen molar-refractivity contribution in [3.8, 4) is 0 Å². The Labute approximate surface area is 309 Å². The molecule has 7 rings (SSSR count). The van der Waals surface area contributed by atoms with Gasteiger partial charge in [-0.3, -0.25) is 0 Å². The average molecular weight is 714 g/mol. The summed E-state index contributed by atoms with van der Waals surface area (Å²) in [6.45, 7) is 1.45. The maximum absolute atomic E-state index is 13.2. The predicted octanol–water partition coefficient (Wildman–Crippen LogP) is 8.12. The van der Waals surface area contributed by atoms with Gasteiger partial charge in [0.1, 0.15) is 35.5 Å². The van der Waals surface area contributed by atoms with Gasteiger partial charge in [0.2, 0.25) is 0 Å². The Morgan fingerprint density at radius 1 is 0.558 bits per heavy atom. The van der Waals surface area contributed by atoms with Gasteiger partial charge in [-0.25, -0.2) is 4.98 Å². The fourth-order valence-electron chi connectivity index (χ4n) is 6.64. The molecule has 1 aromatic heterocycles. The number of aromatic nitrogens is 1. The molecule has 0 unspecified atom stereocenters. The number of ether oxygens (including phenoxy) is 5. The maximum Gasteiger partial charge on any atom is 0.170 e. The van der Waals surface area contributed by atoms with E-state index < -0.39 is 36.1 Å². The van der Waals surface area contributed by atoms with Crippen LogP contribution >= 0.6 is 11.3 Å². The van der Waals surface area contributed by atoms with E-state index in [1.165, 1.54) is 11.3 Å². The molecular formula is C44H43NO6S. The van der Waals surface area contributed by atoms with Gasteiger partial charge in [0.05, 0.1) is 33.0 Å². The largest absolute Gasteiger partial charge is 0.375 e. The standard InChI is InChI=1S/C44H43NO6S/c46-44(43-45-26-27-52-43,37-24-14-5-15-25-37)42-41(50-31-36-22-12-4-13-23-36)40(49-30-35-20-10-3-11-21-35)39(48-29-34-18-8-2-9-19-34)38(51-42)32-47-28-33-16-6-1-7-17-33/h1-27,38-42,46H,28-32H2/t38-,39-,40+,41+,42-,44-/m1/s1. The van der Waals surface area contributed by atoms with Crippen molar-refractivity contribution >= 4 is 11.3 Å². The van der Waals surface area contributed by atoms with E-state index >= 15 is 0 Å². The highest BCUT2D eigenvalue weighted by molar-refractivity contribution is 7.09. The zero-order valence-corrected chi connectivity index (χ0v) is 29.7. The van der Waals surface area contributed by atoms with Gasteiger partial charge in [-0.15, -0.1) is 11.3 Å². The van der Waals surface area contributed by atoms with Crippen molar-refractivity contribution in [1.82, 2.24) is 4.98 Å². The van der Waals surface area contributed by atoms with Crippen molar-refractivity contribution in [2.75, 3.05) is 6.61 Å². The first-order chi connectivity index (χ1) is 25.7. The molecule has 2 heterocycles. The van der Waals surface area contributed by atoms with Crippen molar-refractivity contribution in [3.05, 3.63) is 196 Å². The van der Waals surface area contributed by atoms with Crippen molar-refractivity contribution in [1.29, 1.82) is 0 Å². The van der Waals surface area contributed by atoms with Gasteiger partial charge in [0, 0.05) is 11.6 Å². The molecule has 1 N–H and O–H groups in total. The van der Waals surface area contributed by atoms with Crippen LogP contribution in [0.25, 0.3) is 0 Å². The molecule has 7 nitrogen and oxygen atoms in total. The molecule has 5 aromatic carbocycles. The van der Waals surface area contributed by atoms with E-state index in [0.29, 0.717) is 30.4 Å². The van der Waals surface area contributed by atoms with Crippen LogP contribution in [0.1, 0.15) is 32.8 Å². The minimum Gasteiger partial charge on any atom is -0.375 e. The van der Waals surface area contributed by atoms with Gasteiger partial charge >= 0.3 is 0 Å². The summed E-state index contributed by atoms with van der Waals surface area (Å²) in [5.74, 6) is 0. The summed E-state index contributed by atoms with van der Waals surface area (Å²) in [4.78, 5) is 4.66. The Hall–Kier alpha value is -4.51. The van der Waals surface area contributed by atoms with Crippen LogP contribution in [0.4, 0.5) is 0 Å². The maximum atomic E-state index is 13.2. The summed E-state index contributed by atoms with van der Waals surface area (Å²) in [6, 6.07) is 49.7. The lowest BCUT2D eigenvalue weighted by atomic mass is 9.80. The predicted molar refractivity (Wildman–Crippen MR) is 201 cm³/mol. The van der Waals surface area contributed by atoms with E-state index in [4.69, 9.17) is 23.7 Å². The van der Waals surface area contributed by atoms with E-state index in [-0.39, 0.29) is 13.2 Å². The van der Waals surface area contributed by atoms with Crippen molar-refractivity contribution in [2.45, 2.75) is 62.5 Å². The lowest BCUT2D eigenvalue weighted by Gasteiger charge is -2.50. The Kier molecular flexibility index (Phi) is 12.3. The van der Waals surface area contributed by atoms with Crippen LogP contribution < -0.4 is 0 Å². The lowest BCUT2D eigenvalue weighted by molar-refractivity contribution is -0.299. The average Bonchev–Trinajstić information content (AvgIpc) is 3.77. The molecule has 8 heteroatoms. The number of aliphatic hydroxyl groups is 1. The zero-order chi connectivity index (χ0) is 35.4. The summed E-state index contributed by atoms with van der Waals surface area (Å²) >= 11 is 1.37. The van der Waals surface area contributed by atoms with E-state index in [0.717, 1.165) is 22.3 Å². The topological polar surface area (TPSA) is 79.3 Å². The second-order valence-electron chi connectivity index (χ2n) is 12.8. The van der Waals surface area contributed by atoms with Gasteiger partial charge in [-0.05, 0) is 27.8 Å². The summed E-state index contributed by atoms with van der Waals surface area (Å²) < 4.78 is 34.1. The molecule has 6 aromatic rings. The molecule has 0 spiro atoms. The smallest absolute Gasteiger partial charge is 0.170 e. The minimum absolute atomic E-state index is 0.185. The van der Waals surface area contributed by atoms with Gasteiger partial charge in [0.25, 0.3) is 0 Å². The normalized spacial score (nSPS) is 21.4. The zero-order valence-electron chi connectivity index (χ0n) is 28.9. The number of rotatable bonds is 16. The van der Waals surface area contributed by atoms with E-state index in [1.54, 1.807) is 6.20 Å². The first-order valence-corrected chi connectivity index (χ1v) is 18.5. The summed E-state index contributed by atoms with van der Waals surface area (Å²) in [5.41, 5.74) is 2.98. The highest BCUT2D eigenvalue weighted by atomic mass is 32.1. The third-order valence-corrected chi connectivity index (χ3v) is 10.2. The van der Waals surface area contributed by atoms with Crippen LogP contribution in [0, 0.1) is 0 Å². The van der Waals surface area contributed by atoms with Gasteiger partial charge in [-0.1, -0.05) is 152 Å². The minimum atomic E-state index is -1.70. The number of thiazole rings is 1. The van der Waals surface area contributed by atoms with E-state index in [1.807, 2.05) is 157 Å². The second kappa shape index (κ2) is 17.8. The SMILES string of the molecule is O[C@@](c1ccccc1)(c1nccs1)[C@@H]1O[C@H](COCc2ccccc2)[C@@H](OCc2ccccc2)[C@H](OCc2ccccc2)[C@@H]1OCc1ccccc1. The molecule has 266 valence electrons. The quantitative estimate of drug-likeness (QED) is 0.109. The summed E-state index contributed by atoms with van der Waals surface area (Å²) in [7, 11) is 0. The third-order valence-electron chi connectivity index (χ3n) is 9.27. The second-order valence-corrected chi connectivity index (χ2v) is 13.7. The van der Waals surface area contributed by atoms with E-state index in [9.17, 15) is 5.11 Å². The van der Waals surface area contributed by atoms with Crippen LogP contribution in [0.15, 0.2) is 163 Å². The molecule has 52 heavy (non-hydrogen) atoms. The monoisotopic (exact) mass is 713 g/mol. The summed E-state index contributed by atoms with van der Waals surface area (Å²) in [6.07, 6.45) is -2.03. The number of nitrogens with zero attached hydrogens (tertiary/aromatic N) is 1. The molecule has 0 radical (unpaired) electrons. The fraction of sp³-hybridized carbons (Fsp3) is 0.250. The van der Waals surface area contributed by atoms with Crippen molar-refractivity contribution in [2.24, 2.45) is 0 Å². The molecule has 6 atom stereocenters. The van der Waals surface area contributed by atoms with Gasteiger partial charge in [-0.2, -0.15) is 0 Å². The highest BCUT2D eigenvalue weighted by Crippen LogP contribution is 2.43. The van der Waals surface area contributed by atoms with E-state index in [2.05, 4.69) is 4.98 Å². The highest BCUT2D eigenvalue weighted by Gasteiger charge is 2.57. The molecule has 0 bridgehead atoms. The Balaban J connectivity index is 1.31. The molecule has 1 aliphatic heterocycles. The van der Waals surface area contributed by atoms with Crippen molar-refractivity contribution < 1.29 is 28.8 Å². The fourth-order valence-corrected chi connectivity index (χ4v) is 7.42. The Morgan fingerprint density at radius 3 is 1.48 bits per heavy atom. The number of hydrogen-bond donors (Lipinski definition) is 1. The van der Waals surface area contributed by atoms with Gasteiger partial charge in [0.15, 0.2) is 5.60 Å². The summed E-state index contributed by atoms with van der Waals surface area (Å²) in [5, 5.41) is 15.5. The molecular weight excluding hydrogens is 671 g/mol. The van der Waals surface area contributed by atoms with Crippen LogP contribution in [-0.4, -0.2) is 47.2 Å². The molecule has 1 saturated heterocycles. The molecule has 0 saturated carbocycles. The number of hydrogen-bond acceptors (Lipinski definition) is 8. The van der Waals surface area contributed by atoms with Crippen LogP contribution in [0.3, 0.4) is 0 Å². The lowest BCUT2D eigenvalue weighted by Crippen LogP contribution is -2.66. The Morgan fingerprint density at radius 2 is 1.00 bits per heavy atom. The first-order valence-electron chi connectivity index (χ1n) is 17.6. The molecule has 0 amide bonds. The van der Waals surface area contributed by atoms with Crippen LogP contribution in [0.5, 0.6) is 0 Å². The van der Waals surface area contributed by atoms with Gasteiger partial charge < -0.3 is 28.8 Å². The Bertz CT molecular complexity index is 1880. The third kappa shape index (κ3) is 8.74. The van der Waals surface area contributed by atoms with Crippen LogP contribution in [-0.2, 0) is 55.7 Å². The number of benzene rings is 5. The molecule has 1 aliphatic rings. The van der Waals surface area contributed by atoms with Crippen molar-refractivity contribution in [3.63, 3.8) is 0 Å². The molecule has 0 aliphatic carbocycles.